The number of nitrogens with zero attached hydrogens (tertiary/aromatic N) is 1. The molecule has 0 bridgehead atoms. The standard InChI is InChI=1S/C52H45N/c1-5-44-45(6-2)51(37-43-28-13-14-29-46(43)44)50-33-18-19-34-52(50)53(35-21-20-22-38(3)40-24-8-7-9-25-40)39(4)23-10-11-26-41-36-42-27-12-15-30-47(42)49-32-17-16-31-48(41)49/h5-9,11-19,21,24-37H,1-4,10,20,22-23H2/b26-11+,35-21+. The van der Waals surface area contributed by atoms with E-state index in [1.807, 2.05) is 18.2 Å². The van der Waals surface area contributed by atoms with Gasteiger partial charge in [-0.15, -0.1) is 0 Å². The Balaban J connectivity index is 1.21. The van der Waals surface area contributed by atoms with Gasteiger partial charge in [-0.2, -0.15) is 0 Å². The van der Waals surface area contributed by atoms with Crippen LogP contribution in [0.15, 0.2) is 190 Å². The summed E-state index contributed by atoms with van der Waals surface area (Å²) in [5.74, 6) is 0. The third kappa shape index (κ3) is 7.47. The van der Waals surface area contributed by atoms with Gasteiger partial charge in [0.1, 0.15) is 0 Å². The Kier molecular flexibility index (Phi) is 10.7. The van der Waals surface area contributed by atoms with Crippen molar-refractivity contribution in [1.82, 2.24) is 0 Å². The molecule has 0 saturated heterocycles. The van der Waals surface area contributed by atoms with Crippen LogP contribution in [0.1, 0.15) is 47.9 Å². The van der Waals surface area contributed by atoms with Crippen LogP contribution >= 0.6 is 0 Å². The maximum absolute atomic E-state index is 4.68. The molecule has 0 atom stereocenters. The molecule has 7 rings (SSSR count). The van der Waals surface area contributed by atoms with Gasteiger partial charge >= 0.3 is 0 Å². The number of benzene rings is 7. The van der Waals surface area contributed by atoms with Crippen molar-refractivity contribution >= 4 is 61.8 Å². The maximum Gasteiger partial charge on any atom is 0.0530 e. The highest BCUT2D eigenvalue weighted by molar-refractivity contribution is 6.10. The normalized spacial score (nSPS) is 11.5. The van der Waals surface area contributed by atoms with Gasteiger partial charge < -0.3 is 4.90 Å². The highest BCUT2D eigenvalue weighted by Crippen LogP contribution is 2.40. The van der Waals surface area contributed by atoms with Gasteiger partial charge in [0.15, 0.2) is 0 Å². The summed E-state index contributed by atoms with van der Waals surface area (Å²) in [6, 6.07) is 49.5. The van der Waals surface area contributed by atoms with Gasteiger partial charge in [-0.05, 0) is 110 Å². The zero-order valence-electron chi connectivity index (χ0n) is 30.3. The molecule has 0 aliphatic rings. The van der Waals surface area contributed by atoms with Gasteiger partial charge in [-0.3, -0.25) is 0 Å². The molecule has 0 aromatic heterocycles. The lowest BCUT2D eigenvalue weighted by Gasteiger charge is -2.27. The molecule has 0 amide bonds. The molecule has 0 spiro atoms. The van der Waals surface area contributed by atoms with Crippen LogP contribution in [0.3, 0.4) is 0 Å². The van der Waals surface area contributed by atoms with Crippen LogP contribution in [0.25, 0.3) is 67.2 Å². The lowest BCUT2D eigenvalue weighted by molar-refractivity contribution is 0.932. The van der Waals surface area contributed by atoms with Crippen molar-refractivity contribution in [2.24, 2.45) is 0 Å². The van der Waals surface area contributed by atoms with E-state index in [0.29, 0.717) is 0 Å². The third-order valence-corrected chi connectivity index (χ3v) is 10.1. The largest absolute Gasteiger partial charge is 0.321 e. The van der Waals surface area contributed by atoms with E-state index < -0.39 is 0 Å². The SMILES string of the molecule is C=Cc1c(-c2ccccc2N(/C=C/CCC(=C)c2ccccc2)C(=C)CC/C=C/c2cc3ccccc3c3ccccc23)cc2ccccc2c1C=C. The minimum atomic E-state index is 0.793. The van der Waals surface area contributed by atoms with Crippen LogP contribution in [0.2, 0.25) is 0 Å². The topological polar surface area (TPSA) is 3.24 Å². The van der Waals surface area contributed by atoms with Gasteiger partial charge in [0.25, 0.3) is 0 Å². The first-order valence-electron chi connectivity index (χ1n) is 18.4. The highest BCUT2D eigenvalue weighted by Gasteiger charge is 2.18. The monoisotopic (exact) mass is 683 g/mol. The van der Waals surface area contributed by atoms with Gasteiger partial charge in [0.2, 0.25) is 0 Å². The summed E-state index contributed by atoms with van der Waals surface area (Å²) in [5, 5.41) is 7.43. The van der Waals surface area contributed by atoms with Gasteiger partial charge in [0.05, 0.1) is 5.69 Å². The number of fused-ring (bicyclic) bond motifs is 4. The molecule has 0 aliphatic heterocycles. The van der Waals surface area contributed by atoms with E-state index in [2.05, 4.69) is 189 Å². The van der Waals surface area contributed by atoms with Gasteiger partial charge in [-0.1, -0.05) is 178 Å². The summed E-state index contributed by atoms with van der Waals surface area (Å²) in [6.07, 6.45) is 16.3. The van der Waals surface area contributed by atoms with Crippen molar-refractivity contribution in [3.63, 3.8) is 0 Å². The number of hydrogen-bond donors (Lipinski definition) is 0. The number of rotatable bonds is 14. The third-order valence-electron chi connectivity index (χ3n) is 10.1. The van der Waals surface area contributed by atoms with E-state index in [1.54, 1.807) is 0 Å². The van der Waals surface area contributed by atoms with Crippen LogP contribution in [0.4, 0.5) is 5.69 Å². The lowest BCUT2D eigenvalue weighted by Crippen LogP contribution is -2.15. The molecule has 0 saturated carbocycles. The Morgan fingerprint density at radius 2 is 1.13 bits per heavy atom. The molecule has 7 aromatic carbocycles. The number of para-hydroxylation sites is 1. The molecule has 0 unspecified atom stereocenters. The number of hydrogen-bond acceptors (Lipinski definition) is 1. The summed E-state index contributed by atoms with van der Waals surface area (Å²) in [7, 11) is 0. The number of anilines is 1. The predicted octanol–water partition coefficient (Wildman–Crippen LogP) is 14.9. The Morgan fingerprint density at radius 1 is 0.528 bits per heavy atom. The molecule has 7 aromatic rings. The van der Waals surface area contributed by atoms with Crippen molar-refractivity contribution < 1.29 is 0 Å². The minimum Gasteiger partial charge on any atom is -0.321 e. The molecular weight excluding hydrogens is 639 g/mol. The average molecular weight is 684 g/mol. The molecule has 0 heterocycles. The van der Waals surface area contributed by atoms with E-state index in [-0.39, 0.29) is 0 Å². The Labute approximate surface area is 314 Å². The number of allylic oxidation sites excluding steroid dienone is 4. The molecule has 0 aliphatic carbocycles. The molecule has 0 radical (unpaired) electrons. The first-order valence-corrected chi connectivity index (χ1v) is 18.4. The van der Waals surface area contributed by atoms with E-state index in [9.17, 15) is 0 Å². The quantitative estimate of drug-likeness (QED) is 0.103. The first kappa shape index (κ1) is 35.0. The van der Waals surface area contributed by atoms with Crippen LogP contribution in [0.5, 0.6) is 0 Å². The van der Waals surface area contributed by atoms with Crippen molar-refractivity contribution in [2.75, 3.05) is 4.90 Å². The Morgan fingerprint density at radius 3 is 1.89 bits per heavy atom. The molecule has 1 nitrogen and oxygen atoms in total. The second-order valence-corrected chi connectivity index (χ2v) is 13.4. The summed E-state index contributed by atoms with van der Waals surface area (Å²) in [4.78, 5) is 2.27. The fourth-order valence-corrected chi connectivity index (χ4v) is 7.38. The summed E-state index contributed by atoms with van der Waals surface area (Å²) in [6.45, 7) is 17.5. The van der Waals surface area contributed by atoms with Crippen molar-refractivity contribution in [3.8, 4) is 11.1 Å². The zero-order valence-corrected chi connectivity index (χ0v) is 30.3. The van der Waals surface area contributed by atoms with E-state index in [1.165, 1.54) is 43.4 Å². The second kappa shape index (κ2) is 16.3. The van der Waals surface area contributed by atoms with Crippen molar-refractivity contribution in [3.05, 3.63) is 212 Å². The molecule has 1 heteroatoms. The average Bonchev–Trinajstić information content (AvgIpc) is 3.21. The van der Waals surface area contributed by atoms with E-state index in [4.69, 9.17) is 0 Å². The zero-order chi connectivity index (χ0) is 36.6. The van der Waals surface area contributed by atoms with E-state index >= 15 is 0 Å². The molecule has 0 fully saturated rings. The molecular formula is C52H45N. The fourth-order valence-electron chi connectivity index (χ4n) is 7.38. The van der Waals surface area contributed by atoms with Crippen molar-refractivity contribution in [2.45, 2.75) is 25.7 Å². The molecule has 258 valence electrons. The van der Waals surface area contributed by atoms with Crippen LogP contribution < -0.4 is 4.90 Å². The Hall–Kier alpha value is -6.44. The van der Waals surface area contributed by atoms with E-state index in [0.717, 1.165) is 64.9 Å². The van der Waals surface area contributed by atoms with Crippen LogP contribution in [-0.2, 0) is 0 Å². The van der Waals surface area contributed by atoms with Gasteiger partial charge in [0, 0.05) is 17.5 Å². The van der Waals surface area contributed by atoms with Gasteiger partial charge in [-0.25, -0.2) is 0 Å². The lowest BCUT2D eigenvalue weighted by atomic mass is 9.89. The van der Waals surface area contributed by atoms with Crippen molar-refractivity contribution in [1.29, 1.82) is 0 Å². The molecule has 53 heavy (non-hydrogen) atoms. The Bertz CT molecular complexity index is 2530. The van der Waals surface area contributed by atoms with Crippen LogP contribution in [0, 0.1) is 0 Å². The summed E-state index contributed by atoms with van der Waals surface area (Å²) in [5.41, 5.74) is 10.1. The van der Waals surface area contributed by atoms with Crippen LogP contribution in [-0.4, -0.2) is 0 Å². The smallest absolute Gasteiger partial charge is 0.0530 e. The second-order valence-electron chi connectivity index (χ2n) is 13.4. The first-order chi connectivity index (χ1) is 26.1. The maximum atomic E-state index is 4.68. The highest BCUT2D eigenvalue weighted by atomic mass is 15.1. The minimum absolute atomic E-state index is 0.793. The summed E-state index contributed by atoms with van der Waals surface area (Å²) >= 11 is 0. The molecule has 0 N–H and O–H groups in total. The predicted molar refractivity (Wildman–Crippen MR) is 235 cm³/mol. The summed E-state index contributed by atoms with van der Waals surface area (Å²) < 4.78 is 0. The fraction of sp³-hybridized carbons (Fsp3) is 0.0769.